The Kier molecular flexibility index (Phi) is 7.36. The van der Waals surface area contributed by atoms with Crippen molar-refractivity contribution in [3.63, 3.8) is 0 Å². The first-order valence-electron chi connectivity index (χ1n) is 13.6. The van der Waals surface area contributed by atoms with Crippen LogP contribution in [-0.2, 0) is 6.42 Å². The molecule has 0 unspecified atom stereocenters. The summed E-state index contributed by atoms with van der Waals surface area (Å²) in [5, 5.41) is 0. The van der Waals surface area contributed by atoms with Crippen LogP contribution in [0.4, 0.5) is 0 Å². The Balaban J connectivity index is 1.24. The molecule has 0 heterocycles. The van der Waals surface area contributed by atoms with Crippen LogP contribution in [0.15, 0.2) is 170 Å². The van der Waals surface area contributed by atoms with Crippen molar-refractivity contribution in [3.05, 3.63) is 220 Å². The molecular weight excluding hydrogens is 468 g/mol. The van der Waals surface area contributed by atoms with Crippen LogP contribution in [0.2, 0.25) is 0 Å². The molecule has 0 aliphatic rings. The number of hydrogen-bond donors (Lipinski definition) is 0. The van der Waals surface area contributed by atoms with Gasteiger partial charge in [-0.25, -0.2) is 0 Å². The van der Waals surface area contributed by atoms with Crippen LogP contribution in [0, 0.1) is 5.92 Å². The molecule has 0 atom stereocenters. The highest BCUT2D eigenvalue weighted by Crippen LogP contribution is 2.33. The van der Waals surface area contributed by atoms with Gasteiger partial charge in [-0.15, -0.1) is 0 Å². The summed E-state index contributed by atoms with van der Waals surface area (Å²) in [6, 6.07) is 61.1. The zero-order valence-electron chi connectivity index (χ0n) is 22.0. The first-order chi connectivity index (χ1) is 19.3. The van der Waals surface area contributed by atoms with Crippen molar-refractivity contribution < 1.29 is 0 Å². The molecule has 6 rings (SSSR count). The molecule has 186 valence electrons. The summed E-state index contributed by atoms with van der Waals surface area (Å²) in [7, 11) is 0. The second-order valence-corrected chi connectivity index (χ2v) is 9.98. The van der Waals surface area contributed by atoms with E-state index in [4.69, 9.17) is 0 Å². The van der Waals surface area contributed by atoms with Crippen LogP contribution in [0.25, 0.3) is 0 Å². The average molecular weight is 500 g/mol. The van der Waals surface area contributed by atoms with Crippen molar-refractivity contribution in [2.24, 2.45) is 0 Å². The Morgan fingerprint density at radius 3 is 1.10 bits per heavy atom. The van der Waals surface area contributed by atoms with Gasteiger partial charge in [-0.3, -0.25) is 0 Å². The van der Waals surface area contributed by atoms with Crippen LogP contribution in [0.3, 0.4) is 0 Å². The van der Waals surface area contributed by atoms with Gasteiger partial charge in [0.15, 0.2) is 0 Å². The Bertz CT molecular complexity index is 1370. The summed E-state index contributed by atoms with van der Waals surface area (Å²) < 4.78 is 0. The summed E-state index contributed by atoms with van der Waals surface area (Å²) >= 11 is 0. The van der Waals surface area contributed by atoms with Crippen molar-refractivity contribution in [1.29, 1.82) is 0 Å². The molecule has 0 radical (unpaired) electrons. The van der Waals surface area contributed by atoms with E-state index in [1.807, 2.05) is 0 Å². The SMILES string of the molecule is c1ccc([C+](c2ccccc2)c2ccc(Cc3ccc(C(c4ccccc4)c4ccccc4)cc3)cc2)cc1. The minimum atomic E-state index is 0.227. The van der Waals surface area contributed by atoms with Crippen LogP contribution >= 0.6 is 0 Å². The summed E-state index contributed by atoms with van der Waals surface area (Å²) in [4.78, 5) is 0. The second kappa shape index (κ2) is 11.7. The molecule has 0 fully saturated rings. The lowest BCUT2D eigenvalue weighted by Gasteiger charge is -2.19. The van der Waals surface area contributed by atoms with Crippen molar-refractivity contribution in [1.82, 2.24) is 0 Å². The molecule has 0 aliphatic heterocycles. The normalized spacial score (nSPS) is 10.9. The van der Waals surface area contributed by atoms with E-state index in [2.05, 4.69) is 170 Å². The zero-order valence-corrected chi connectivity index (χ0v) is 22.0. The van der Waals surface area contributed by atoms with Gasteiger partial charge >= 0.3 is 0 Å². The molecule has 39 heavy (non-hydrogen) atoms. The molecular formula is C39H31+. The van der Waals surface area contributed by atoms with Gasteiger partial charge in [0.1, 0.15) is 0 Å². The van der Waals surface area contributed by atoms with Gasteiger partial charge in [0.05, 0.1) is 22.6 Å². The molecule has 0 saturated carbocycles. The van der Waals surface area contributed by atoms with E-state index in [-0.39, 0.29) is 5.92 Å². The van der Waals surface area contributed by atoms with Gasteiger partial charge in [-0.2, -0.15) is 0 Å². The molecule has 0 aromatic heterocycles. The third kappa shape index (κ3) is 5.71. The van der Waals surface area contributed by atoms with Gasteiger partial charge in [0, 0.05) is 5.92 Å². The quantitative estimate of drug-likeness (QED) is 0.144. The Hall–Kier alpha value is -4.81. The van der Waals surface area contributed by atoms with Gasteiger partial charge in [-0.1, -0.05) is 97.1 Å². The number of hydrogen-bond acceptors (Lipinski definition) is 0. The van der Waals surface area contributed by atoms with Crippen LogP contribution in [-0.4, -0.2) is 0 Å². The van der Waals surface area contributed by atoms with Gasteiger partial charge in [-0.05, 0) is 107 Å². The minimum absolute atomic E-state index is 0.227. The smallest absolute Gasteiger partial charge is 0.0622 e. The van der Waals surface area contributed by atoms with E-state index in [0.717, 1.165) is 6.42 Å². The Morgan fingerprint density at radius 1 is 0.333 bits per heavy atom. The van der Waals surface area contributed by atoms with E-state index in [0.29, 0.717) is 0 Å². The zero-order chi connectivity index (χ0) is 26.3. The van der Waals surface area contributed by atoms with Crippen LogP contribution in [0.1, 0.15) is 50.4 Å². The first-order valence-corrected chi connectivity index (χ1v) is 13.6. The number of rotatable bonds is 8. The molecule has 0 spiro atoms. The molecule has 6 aromatic carbocycles. The average Bonchev–Trinajstić information content (AvgIpc) is 3.01. The highest BCUT2D eigenvalue weighted by molar-refractivity contribution is 5.57. The third-order valence-electron chi connectivity index (χ3n) is 7.35. The van der Waals surface area contributed by atoms with Crippen molar-refractivity contribution in [3.8, 4) is 0 Å². The fourth-order valence-electron chi connectivity index (χ4n) is 5.43. The fraction of sp³-hybridized carbons (Fsp3) is 0.0513. The van der Waals surface area contributed by atoms with E-state index in [9.17, 15) is 0 Å². The van der Waals surface area contributed by atoms with Crippen molar-refractivity contribution in [2.45, 2.75) is 12.3 Å². The molecule has 6 aromatic rings. The molecule has 0 aliphatic carbocycles. The molecule has 0 amide bonds. The van der Waals surface area contributed by atoms with E-state index in [1.165, 1.54) is 50.4 Å². The largest absolute Gasteiger partial charge is 0.0631 e. The third-order valence-corrected chi connectivity index (χ3v) is 7.35. The maximum absolute atomic E-state index is 2.30. The van der Waals surface area contributed by atoms with Gasteiger partial charge in [0.25, 0.3) is 0 Å². The predicted molar refractivity (Wildman–Crippen MR) is 163 cm³/mol. The molecule has 0 N–H and O–H groups in total. The summed E-state index contributed by atoms with van der Waals surface area (Å²) in [5.41, 5.74) is 10.3. The lowest BCUT2D eigenvalue weighted by molar-refractivity contribution is 0.974. The maximum Gasteiger partial charge on any atom is 0.0631 e. The molecule has 0 bridgehead atoms. The molecule has 0 nitrogen and oxygen atoms in total. The predicted octanol–water partition coefficient (Wildman–Crippen LogP) is 9.48. The fourth-order valence-corrected chi connectivity index (χ4v) is 5.43. The Labute approximate surface area is 232 Å². The summed E-state index contributed by atoms with van der Waals surface area (Å²) in [6.07, 6.45) is 0.911. The number of benzene rings is 6. The summed E-state index contributed by atoms with van der Waals surface area (Å²) in [6.45, 7) is 0. The van der Waals surface area contributed by atoms with Gasteiger partial charge in [0.2, 0.25) is 0 Å². The van der Waals surface area contributed by atoms with E-state index < -0.39 is 0 Å². The lowest BCUT2D eigenvalue weighted by atomic mass is 9.84. The van der Waals surface area contributed by atoms with E-state index in [1.54, 1.807) is 0 Å². The maximum atomic E-state index is 2.30. The highest BCUT2D eigenvalue weighted by atomic mass is 14.2. The van der Waals surface area contributed by atoms with E-state index >= 15 is 0 Å². The van der Waals surface area contributed by atoms with Gasteiger partial charge < -0.3 is 0 Å². The summed E-state index contributed by atoms with van der Waals surface area (Å²) in [5.74, 6) is 1.49. The first kappa shape index (κ1) is 24.5. The second-order valence-electron chi connectivity index (χ2n) is 9.98. The standard InChI is InChI=1S/C39H31/c1-5-13-32(14-6-1)38(33-15-7-2-8-16-33)36-25-21-30(22-26-36)29-31-23-27-37(28-24-31)39(34-17-9-3-10-18-34)35-19-11-4-12-20-35/h1-28,38H,29H2/q+1. The highest BCUT2D eigenvalue weighted by Gasteiger charge is 2.22. The van der Waals surface area contributed by atoms with Crippen molar-refractivity contribution in [2.75, 3.05) is 0 Å². The topological polar surface area (TPSA) is 0 Å². The minimum Gasteiger partial charge on any atom is -0.0622 e. The van der Waals surface area contributed by atoms with Crippen LogP contribution in [0.5, 0.6) is 0 Å². The molecule has 0 heteroatoms. The van der Waals surface area contributed by atoms with Crippen molar-refractivity contribution >= 4 is 0 Å². The monoisotopic (exact) mass is 499 g/mol. The Morgan fingerprint density at radius 2 is 0.667 bits per heavy atom. The molecule has 0 saturated heterocycles. The van der Waals surface area contributed by atoms with Crippen LogP contribution < -0.4 is 0 Å². The lowest BCUT2D eigenvalue weighted by Crippen LogP contribution is -2.04.